The van der Waals surface area contributed by atoms with Gasteiger partial charge < -0.3 is 10.0 Å². The number of carbonyl (C=O) groups is 1. The lowest BCUT2D eigenvalue weighted by molar-refractivity contribution is -0.138. The van der Waals surface area contributed by atoms with E-state index in [4.69, 9.17) is 5.11 Å². The van der Waals surface area contributed by atoms with Crippen molar-refractivity contribution >= 4 is 5.97 Å². The van der Waals surface area contributed by atoms with Crippen molar-refractivity contribution in [3.8, 4) is 0 Å². The first kappa shape index (κ1) is 13.7. The summed E-state index contributed by atoms with van der Waals surface area (Å²) in [5.74, 6) is -1.21. The van der Waals surface area contributed by atoms with E-state index >= 15 is 0 Å². The number of hydrogen-bond acceptors (Lipinski definition) is 2. The lowest BCUT2D eigenvalue weighted by Crippen LogP contribution is -2.18. The van der Waals surface area contributed by atoms with Crippen LogP contribution in [0.4, 0.5) is 0 Å². The molecule has 0 aliphatic rings. The summed E-state index contributed by atoms with van der Waals surface area (Å²) in [5.41, 5.74) is 2.08. The summed E-state index contributed by atoms with van der Waals surface area (Å²) in [6.07, 6.45) is 1.14. The largest absolute Gasteiger partial charge is 0.481 e. The van der Waals surface area contributed by atoms with Crippen LogP contribution < -0.4 is 0 Å². The molecule has 1 aromatic rings. The molecule has 1 atom stereocenters. The van der Waals surface area contributed by atoms with Gasteiger partial charge in [0.05, 0.1) is 5.92 Å². The normalized spacial score (nSPS) is 12.7. The molecule has 0 saturated carbocycles. The molecule has 3 heteroatoms. The summed E-state index contributed by atoms with van der Waals surface area (Å²) < 4.78 is 0. The van der Waals surface area contributed by atoms with Gasteiger partial charge in [-0.15, -0.1) is 0 Å². The Morgan fingerprint density at radius 2 is 1.94 bits per heavy atom. The van der Waals surface area contributed by atoms with Gasteiger partial charge in [-0.1, -0.05) is 31.2 Å². The number of aliphatic carboxylic acids is 1. The molecule has 0 radical (unpaired) electrons. The molecule has 1 N–H and O–H groups in total. The first-order valence-electron chi connectivity index (χ1n) is 6.04. The van der Waals surface area contributed by atoms with E-state index in [0.717, 1.165) is 25.1 Å². The van der Waals surface area contributed by atoms with E-state index in [9.17, 15) is 4.79 Å². The van der Waals surface area contributed by atoms with E-state index in [1.807, 2.05) is 24.3 Å². The molecule has 0 amide bonds. The average Bonchev–Trinajstić information content (AvgIpc) is 2.29. The van der Waals surface area contributed by atoms with Gasteiger partial charge in [0.15, 0.2) is 0 Å². The molecule has 0 aromatic heterocycles. The quantitative estimate of drug-likeness (QED) is 0.824. The van der Waals surface area contributed by atoms with E-state index in [1.165, 1.54) is 5.56 Å². The molecule has 0 aliphatic heterocycles. The summed E-state index contributed by atoms with van der Waals surface area (Å²) in [7, 11) is 2.09. The molecule has 0 aliphatic carbocycles. The highest BCUT2D eigenvalue weighted by Crippen LogP contribution is 2.16. The minimum absolute atomic E-state index is 0.433. The predicted octanol–water partition coefficient (Wildman–Crippen LogP) is 2.72. The number of hydrogen-bond donors (Lipinski definition) is 1. The maximum Gasteiger partial charge on any atom is 0.310 e. The molecule has 1 rings (SSSR count). The number of benzene rings is 1. The van der Waals surface area contributed by atoms with Gasteiger partial charge >= 0.3 is 5.97 Å². The lowest BCUT2D eigenvalue weighted by atomic mass is 10.00. The molecule has 0 fully saturated rings. The molecular weight excluding hydrogens is 214 g/mol. The Morgan fingerprint density at radius 1 is 1.35 bits per heavy atom. The van der Waals surface area contributed by atoms with Crippen LogP contribution in [0.1, 0.15) is 37.3 Å². The number of rotatable bonds is 6. The van der Waals surface area contributed by atoms with Crippen molar-refractivity contribution in [1.82, 2.24) is 4.90 Å². The van der Waals surface area contributed by atoms with Gasteiger partial charge in [-0.3, -0.25) is 4.79 Å². The molecular formula is C14H21NO2. The Hall–Kier alpha value is -1.35. The first-order chi connectivity index (χ1) is 8.04. The van der Waals surface area contributed by atoms with Gasteiger partial charge in [-0.2, -0.15) is 0 Å². The molecule has 0 saturated heterocycles. The second-order valence-corrected chi connectivity index (χ2v) is 4.54. The van der Waals surface area contributed by atoms with Gasteiger partial charge in [0.25, 0.3) is 0 Å². The molecule has 94 valence electrons. The maximum atomic E-state index is 10.8. The third kappa shape index (κ3) is 4.19. The van der Waals surface area contributed by atoms with Gasteiger partial charge in [-0.25, -0.2) is 0 Å². The third-order valence-electron chi connectivity index (χ3n) is 2.91. The highest BCUT2D eigenvalue weighted by molar-refractivity contribution is 5.75. The smallest absolute Gasteiger partial charge is 0.310 e. The van der Waals surface area contributed by atoms with Gasteiger partial charge in [0, 0.05) is 6.54 Å². The number of carboxylic acids is 1. The Labute approximate surface area is 103 Å². The zero-order valence-corrected chi connectivity index (χ0v) is 10.8. The van der Waals surface area contributed by atoms with Crippen LogP contribution in [0.5, 0.6) is 0 Å². The zero-order chi connectivity index (χ0) is 12.8. The van der Waals surface area contributed by atoms with E-state index in [0.29, 0.717) is 0 Å². The van der Waals surface area contributed by atoms with E-state index in [2.05, 4.69) is 18.9 Å². The van der Waals surface area contributed by atoms with Crippen molar-refractivity contribution in [2.75, 3.05) is 13.6 Å². The summed E-state index contributed by atoms with van der Waals surface area (Å²) in [6.45, 7) is 5.86. The predicted molar refractivity (Wildman–Crippen MR) is 69.1 cm³/mol. The minimum atomic E-state index is -0.777. The highest BCUT2D eigenvalue weighted by Gasteiger charge is 2.12. The maximum absolute atomic E-state index is 10.8. The van der Waals surface area contributed by atoms with Crippen molar-refractivity contribution in [1.29, 1.82) is 0 Å². The van der Waals surface area contributed by atoms with Crippen LogP contribution in [0.3, 0.4) is 0 Å². The van der Waals surface area contributed by atoms with Gasteiger partial charge in [-0.05, 0) is 38.1 Å². The SMILES string of the molecule is CCCN(C)Cc1ccc(C(C)C(=O)O)cc1. The van der Waals surface area contributed by atoms with E-state index in [1.54, 1.807) is 6.92 Å². The second kappa shape index (κ2) is 6.40. The van der Waals surface area contributed by atoms with Crippen LogP contribution in [0.25, 0.3) is 0 Å². The molecule has 0 heterocycles. The topological polar surface area (TPSA) is 40.5 Å². The lowest BCUT2D eigenvalue weighted by Gasteiger charge is -2.16. The fraction of sp³-hybridized carbons (Fsp3) is 0.500. The fourth-order valence-corrected chi connectivity index (χ4v) is 1.83. The first-order valence-corrected chi connectivity index (χ1v) is 6.04. The summed E-state index contributed by atoms with van der Waals surface area (Å²) in [6, 6.07) is 7.85. The van der Waals surface area contributed by atoms with Crippen LogP contribution in [0, 0.1) is 0 Å². The molecule has 1 unspecified atom stereocenters. The van der Waals surface area contributed by atoms with Crippen LogP contribution in [0.15, 0.2) is 24.3 Å². The van der Waals surface area contributed by atoms with Crippen molar-refractivity contribution in [3.63, 3.8) is 0 Å². The monoisotopic (exact) mass is 235 g/mol. The molecule has 0 spiro atoms. The molecule has 0 bridgehead atoms. The summed E-state index contributed by atoms with van der Waals surface area (Å²) in [5, 5.41) is 8.91. The van der Waals surface area contributed by atoms with Crippen molar-refractivity contribution < 1.29 is 9.90 Å². The highest BCUT2D eigenvalue weighted by atomic mass is 16.4. The van der Waals surface area contributed by atoms with Crippen LogP contribution in [-0.4, -0.2) is 29.6 Å². The molecule has 17 heavy (non-hydrogen) atoms. The van der Waals surface area contributed by atoms with E-state index in [-0.39, 0.29) is 0 Å². The Kier molecular flexibility index (Phi) is 5.16. The van der Waals surface area contributed by atoms with Crippen molar-refractivity contribution in [3.05, 3.63) is 35.4 Å². The number of carboxylic acid groups (broad SMARTS) is 1. The van der Waals surface area contributed by atoms with E-state index < -0.39 is 11.9 Å². The standard InChI is InChI=1S/C14H21NO2/c1-4-9-15(3)10-12-5-7-13(8-6-12)11(2)14(16)17/h5-8,11H,4,9-10H2,1-3H3,(H,16,17). The third-order valence-corrected chi connectivity index (χ3v) is 2.91. The average molecular weight is 235 g/mol. The Morgan fingerprint density at radius 3 is 2.41 bits per heavy atom. The Balaban J connectivity index is 2.65. The Bertz CT molecular complexity index is 359. The van der Waals surface area contributed by atoms with Gasteiger partial charge in [0.2, 0.25) is 0 Å². The molecule has 3 nitrogen and oxygen atoms in total. The number of nitrogens with zero attached hydrogens (tertiary/aromatic N) is 1. The van der Waals surface area contributed by atoms with Crippen LogP contribution in [0.2, 0.25) is 0 Å². The van der Waals surface area contributed by atoms with Crippen molar-refractivity contribution in [2.24, 2.45) is 0 Å². The van der Waals surface area contributed by atoms with Gasteiger partial charge in [0.1, 0.15) is 0 Å². The molecule has 1 aromatic carbocycles. The fourth-order valence-electron chi connectivity index (χ4n) is 1.83. The van der Waals surface area contributed by atoms with Crippen LogP contribution in [-0.2, 0) is 11.3 Å². The summed E-state index contributed by atoms with van der Waals surface area (Å²) in [4.78, 5) is 13.1. The summed E-state index contributed by atoms with van der Waals surface area (Å²) >= 11 is 0. The zero-order valence-electron chi connectivity index (χ0n) is 10.8. The minimum Gasteiger partial charge on any atom is -0.481 e. The second-order valence-electron chi connectivity index (χ2n) is 4.54. The van der Waals surface area contributed by atoms with Crippen molar-refractivity contribution in [2.45, 2.75) is 32.7 Å². The van der Waals surface area contributed by atoms with Crippen LogP contribution >= 0.6 is 0 Å².